The molecule has 2 fully saturated rings. The van der Waals surface area contributed by atoms with Gasteiger partial charge in [-0.2, -0.15) is 9.97 Å². The summed E-state index contributed by atoms with van der Waals surface area (Å²) >= 11 is 6.13. The summed E-state index contributed by atoms with van der Waals surface area (Å²) in [5.41, 5.74) is 3.27. The van der Waals surface area contributed by atoms with Crippen LogP contribution in [0.25, 0.3) is 22.1 Å². The van der Waals surface area contributed by atoms with Gasteiger partial charge in [0.1, 0.15) is 23.6 Å². The van der Waals surface area contributed by atoms with Gasteiger partial charge in [0.2, 0.25) is 5.28 Å². The van der Waals surface area contributed by atoms with Gasteiger partial charge in [-0.05, 0) is 49.4 Å². The molecule has 0 radical (unpaired) electrons. The number of amides is 1. The van der Waals surface area contributed by atoms with Gasteiger partial charge in [0.05, 0.1) is 5.69 Å². The molecule has 1 amide bonds. The number of fused-ring (bicyclic) bond motifs is 2. The van der Waals surface area contributed by atoms with Gasteiger partial charge in [0.15, 0.2) is 0 Å². The first-order valence-electron chi connectivity index (χ1n) is 12.7. The first kappa shape index (κ1) is 23.2. The zero-order chi connectivity index (χ0) is 24.8. The van der Waals surface area contributed by atoms with Crippen LogP contribution in [0, 0.1) is 0 Å². The summed E-state index contributed by atoms with van der Waals surface area (Å²) in [7, 11) is 3.56. The van der Waals surface area contributed by atoms with E-state index in [1.54, 1.807) is 31.4 Å². The predicted molar refractivity (Wildman–Crippen MR) is 137 cm³/mol. The molecule has 0 bridgehead atoms. The lowest BCUT2D eigenvalue weighted by molar-refractivity contribution is 0.0815. The van der Waals surface area contributed by atoms with Crippen molar-refractivity contribution in [1.82, 2.24) is 34.0 Å². The van der Waals surface area contributed by atoms with Crippen LogP contribution in [0.4, 0.5) is 0 Å². The minimum Gasteiger partial charge on any atom is -0.457 e. The largest absolute Gasteiger partial charge is 0.457 e. The number of ether oxygens (including phenoxy) is 1. The molecule has 0 saturated heterocycles. The van der Waals surface area contributed by atoms with Crippen LogP contribution >= 0.6 is 11.6 Å². The lowest BCUT2D eigenvalue weighted by Crippen LogP contribution is -2.25. The second kappa shape index (κ2) is 9.35. The number of hydrogen-bond acceptors (Lipinski definition) is 6. The Bertz CT molecular complexity index is 1430. The monoisotopic (exact) mass is 507 g/mol. The highest BCUT2D eigenvalue weighted by molar-refractivity contribution is 6.28. The third kappa shape index (κ3) is 4.09. The van der Waals surface area contributed by atoms with E-state index in [0.29, 0.717) is 24.4 Å². The molecular weight excluding hydrogens is 478 g/mol. The average Bonchev–Trinajstić information content (AvgIpc) is 3.66. The molecule has 0 aliphatic heterocycles. The summed E-state index contributed by atoms with van der Waals surface area (Å²) in [5.74, 6) is -0.0248. The normalized spacial score (nSPS) is 17.0. The third-order valence-corrected chi connectivity index (χ3v) is 7.72. The SMILES string of the molecule is CN(C)C(=O)c1cc2cnc(OCc3cc4cnc(Cl)nc4n3C3CCCC3)nc2n1C1CCCC1. The molecule has 4 aromatic heterocycles. The lowest BCUT2D eigenvalue weighted by atomic mass is 10.2. The van der Waals surface area contributed by atoms with Crippen LogP contribution in [-0.4, -0.2) is 54.0 Å². The molecule has 0 unspecified atom stereocenters. The van der Waals surface area contributed by atoms with Crippen molar-refractivity contribution in [2.45, 2.75) is 70.1 Å². The molecule has 4 heterocycles. The van der Waals surface area contributed by atoms with Gasteiger partial charge >= 0.3 is 6.01 Å². The van der Waals surface area contributed by atoms with Crippen LogP contribution in [0.3, 0.4) is 0 Å². The highest BCUT2D eigenvalue weighted by Gasteiger charge is 2.27. The maximum atomic E-state index is 13.0. The molecule has 0 atom stereocenters. The maximum absolute atomic E-state index is 13.0. The molecule has 36 heavy (non-hydrogen) atoms. The molecule has 2 aliphatic carbocycles. The molecule has 6 rings (SSSR count). The van der Waals surface area contributed by atoms with Crippen LogP contribution in [0.5, 0.6) is 6.01 Å². The van der Waals surface area contributed by atoms with Crippen molar-refractivity contribution >= 4 is 39.6 Å². The third-order valence-electron chi connectivity index (χ3n) is 7.53. The van der Waals surface area contributed by atoms with Crippen molar-refractivity contribution in [2.24, 2.45) is 0 Å². The fraction of sp³-hybridized carbons (Fsp3) is 0.500. The van der Waals surface area contributed by atoms with Gasteiger partial charge in [0.25, 0.3) is 5.91 Å². The molecular formula is C26H30ClN7O2. The van der Waals surface area contributed by atoms with E-state index < -0.39 is 0 Å². The van der Waals surface area contributed by atoms with Gasteiger partial charge in [-0.25, -0.2) is 9.97 Å². The van der Waals surface area contributed by atoms with E-state index in [1.807, 2.05) is 6.07 Å². The Morgan fingerprint density at radius 1 is 0.944 bits per heavy atom. The zero-order valence-electron chi connectivity index (χ0n) is 20.7. The Kier molecular flexibility index (Phi) is 6.03. The molecule has 0 N–H and O–H groups in total. The summed E-state index contributed by atoms with van der Waals surface area (Å²) in [6, 6.07) is 4.90. The number of carbonyl (C=O) groups excluding carboxylic acids is 1. The molecule has 4 aromatic rings. The molecule has 188 valence electrons. The van der Waals surface area contributed by atoms with E-state index in [2.05, 4.69) is 30.2 Å². The van der Waals surface area contributed by atoms with Crippen molar-refractivity contribution < 1.29 is 9.53 Å². The summed E-state index contributed by atoms with van der Waals surface area (Å²) in [5, 5.41) is 2.05. The van der Waals surface area contributed by atoms with Gasteiger partial charge in [-0.3, -0.25) is 4.79 Å². The Labute approximate surface area is 214 Å². The Morgan fingerprint density at radius 2 is 1.56 bits per heavy atom. The second-order valence-corrected chi connectivity index (χ2v) is 10.5. The van der Waals surface area contributed by atoms with E-state index in [1.165, 1.54) is 12.8 Å². The van der Waals surface area contributed by atoms with E-state index >= 15 is 0 Å². The predicted octanol–water partition coefficient (Wildman–Crippen LogP) is 5.34. The van der Waals surface area contributed by atoms with Crippen molar-refractivity contribution in [1.29, 1.82) is 0 Å². The second-order valence-electron chi connectivity index (χ2n) is 10.1. The summed E-state index contributed by atoms with van der Waals surface area (Å²) < 4.78 is 10.5. The Morgan fingerprint density at radius 3 is 2.25 bits per heavy atom. The summed E-state index contributed by atoms with van der Waals surface area (Å²) in [4.78, 5) is 32.5. The van der Waals surface area contributed by atoms with Gasteiger partial charge < -0.3 is 18.8 Å². The molecule has 2 aliphatic rings. The van der Waals surface area contributed by atoms with Crippen molar-refractivity contribution in [3.05, 3.63) is 41.2 Å². The minimum atomic E-state index is -0.0248. The van der Waals surface area contributed by atoms with Crippen LogP contribution in [0.2, 0.25) is 5.28 Å². The fourth-order valence-electron chi connectivity index (χ4n) is 5.85. The number of halogens is 1. The number of aromatic nitrogens is 6. The molecule has 10 heteroatoms. The number of hydrogen-bond donors (Lipinski definition) is 0. The van der Waals surface area contributed by atoms with Crippen molar-refractivity contribution in [3.8, 4) is 6.01 Å². The molecule has 2 saturated carbocycles. The van der Waals surface area contributed by atoms with Crippen LogP contribution in [0.15, 0.2) is 24.5 Å². The van der Waals surface area contributed by atoms with Gasteiger partial charge in [-0.15, -0.1) is 0 Å². The smallest absolute Gasteiger partial charge is 0.318 e. The van der Waals surface area contributed by atoms with Gasteiger partial charge in [0, 0.05) is 49.3 Å². The maximum Gasteiger partial charge on any atom is 0.318 e. The highest BCUT2D eigenvalue weighted by Crippen LogP contribution is 2.36. The van der Waals surface area contributed by atoms with E-state index in [9.17, 15) is 4.79 Å². The fourth-order valence-corrected chi connectivity index (χ4v) is 5.98. The van der Waals surface area contributed by atoms with E-state index in [4.69, 9.17) is 21.3 Å². The standard InChI is InChI=1S/C26H30ClN7O2/c1-32(2)24(35)21-12-17-14-29-26(31-23(17)34(21)19-9-5-6-10-19)36-15-20-11-16-13-28-25(27)30-22(16)33(20)18-7-3-4-8-18/h11-14,18-19H,3-10,15H2,1-2H3. The minimum absolute atomic E-state index is 0.0248. The lowest BCUT2D eigenvalue weighted by Gasteiger charge is -2.19. The Balaban J connectivity index is 1.35. The van der Waals surface area contributed by atoms with Crippen LogP contribution in [0.1, 0.15) is 79.6 Å². The number of rotatable bonds is 6. The van der Waals surface area contributed by atoms with Crippen LogP contribution < -0.4 is 4.74 Å². The first-order chi connectivity index (χ1) is 17.5. The number of carbonyl (C=O) groups is 1. The average molecular weight is 508 g/mol. The topological polar surface area (TPSA) is 91.0 Å². The summed E-state index contributed by atoms with van der Waals surface area (Å²) in [6.45, 7) is 0.309. The van der Waals surface area contributed by atoms with Crippen molar-refractivity contribution in [2.75, 3.05) is 14.1 Å². The van der Waals surface area contributed by atoms with Crippen molar-refractivity contribution in [3.63, 3.8) is 0 Å². The van der Waals surface area contributed by atoms with Crippen LogP contribution in [-0.2, 0) is 6.61 Å². The van der Waals surface area contributed by atoms with E-state index in [0.717, 1.165) is 66.3 Å². The zero-order valence-corrected chi connectivity index (χ0v) is 21.4. The summed E-state index contributed by atoms with van der Waals surface area (Å²) in [6.07, 6.45) is 12.6. The molecule has 0 aromatic carbocycles. The quantitative estimate of drug-likeness (QED) is 0.327. The highest BCUT2D eigenvalue weighted by atomic mass is 35.5. The van der Waals surface area contributed by atoms with E-state index in [-0.39, 0.29) is 17.2 Å². The molecule has 9 nitrogen and oxygen atoms in total. The molecule has 0 spiro atoms. The first-order valence-corrected chi connectivity index (χ1v) is 13.1. The Hall–Kier alpha value is -3.20. The van der Waals surface area contributed by atoms with Gasteiger partial charge in [-0.1, -0.05) is 25.7 Å². The number of nitrogens with zero attached hydrogens (tertiary/aromatic N) is 7.